The molecule has 3 nitrogen and oxygen atoms in total. The molecule has 0 bridgehead atoms. The molecule has 0 aliphatic heterocycles. The van der Waals surface area contributed by atoms with Crippen molar-refractivity contribution in [3.63, 3.8) is 0 Å². The van der Waals surface area contributed by atoms with Crippen LogP contribution in [-0.2, 0) is 6.42 Å². The molecule has 2 N–H and O–H groups in total. The highest BCUT2D eigenvalue weighted by molar-refractivity contribution is 5.94. The van der Waals surface area contributed by atoms with Gasteiger partial charge in [-0.25, -0.2) is 13.2 Å². The molecule has 2 aromatic carbocycles. The zero-order valence-electron chi connectivity index (χ0n) is 10.9. The molecular weight excluding hydrogens is 283 g/mol. The van der Waals surface area contributed by atoms with E-state index in [0.717, 1.165) is 30.3 Å². The third kappa shape index (κ3) is 3.98. The van der Waals surface area contributed by atoms with E-state index >= 15 is 0 Å². The van der Waals surface area contributed by atoms with Crippen molar-refractivity contribution in [3.05, 3.63) is 65.0 Å². The first-order valence-corrected chi connectivity index (χ1v) is 6.17. The van der Waals surface area contributed by atoms with E-state index in [4.69, 9.17) is 5.11 Å². The van der Waals surface area contributed by atoms with E-state index in [1.165, 1.54) is 6.07 Å². The summed E-state index contributed by atoms with van der Waals surface area (Å²) in [4.78, 5) is 11.7. The van der Waals surface area contributed by atoms with Crippen molar-refractivity contribution in [1.82, 2.24) is 5.32 Å². The maximum atomic E-state index is 13.4. The van der Waals surface area contributed by atoms with E-state index < -0.39 is 23.4 Å². The van der Waals surface area contributed by atoms with Gasteiger partial charge in [0.05, 0.1) is 5.56 Å². The van der Waals surface area contributed by atoms with E-state index in [9.17, 15) is 18.0 Å². The van der Waals surface area contributed by atoms with Crippen LogP contribution in [0.25, 0.3) is 0 Å². The lowest BCUT2D eigenvalue weighted by Crippen LogP contribution is -2.26. The van der Waals surface area contributed by atoms with Gasteiger partial charge in [-0.05, 0) is 36.2 Å². The molecule has 0 unspecified atom stereocenters. The summed E-state index contributed by atoms with van der Waals surface area (Å²) in [5, 5.41) is 11.5. The van der Waals surface area contributed by atoms with Gasteiger partial charge in [0.2, 0.25) is 0 Å². The maximum Gasteiger partial charge on any atom is 0.254 e. The molecule has 0 heterocycles. The fraction of sp³-hybridized carbons (Fsp3) is 0.133. The smallest absolute Gasteiger partial charge is 0.254 e. The molecule has 21 heavy (non-hydrogen) atoms. The van der Waals surface area contributed by atoms with Crippen LogP contribution in [0, 0.1) is 17.5 Å². The zero-order valence-corrected chi connectivity index (χ0v) is 10.9. The number of phenols is 1. The number of carbonyl (C=O) groups is 1. The van der Waals surface area contributed by atoms with Gasteiger partial charge >= 0.3 is 0 Å². The van der Waals surface area contributed by atoms with Gasteiger partial charge in [0.25, 0.3) is 5.91 Å². The van der Waals surface area contributed by atoms with Crippen molar-refractivity contribution in [2.24, 2.45) is 0 Å². The minimum atomic E-state index is -0.843. The van der Waals surface area contributed by atoms with Gasteiger partial charge < -0.3 is 10.4 Å². The fourth-order valence-electron chi connectivity index (χ4n) is 1.86. The number of amides is 1. The normalized spacial score (nSPS) is 10.4. The molecule has 0 fully saturated rings. The second-order valence-corrected chi connectivity index (χ2v) is 4.45. The van der Waals surface area contributed by atoms with Crippen molar-refractivity contribution in [3.8, 4) is 5.75 Å². The minimum Gasteiger partial charge on any atom is -0.508 e. The van der Waals surface area contributed by atoms with Crippen LogP contribution < -0.4 is 5.32 Å². The van der Waals surface area contributed by atoms with Crippen molar-refractivity contribution in [2.75, 3.05) is 6.54 Å². The lowest BCUT2D eigenvalue weighted by atomic mass is 10.1. The Bertz CT molecular complexity index is 654. The summed E-state index contributed by atoms with van der Waals surface area (Å²) >= 11 is 0. The third-order valence-electron chi connectivity index (χ3n) is 2.82. The molecule has 0 atom stereocenters. The maximum absolute atomic E-state index is 13.4. The van der Waals surface area contributed by atoms with E-state index in [-0.39, 0.29) is 24.3 Å². The molecule has 2 aromatic rings. The Hall–Kier alpha value is -2.50. The predicted molar refractivity (Wildman–Crippen MR) is 70.5 cm³/mol. The van der Waals surface area contributed by atoms with Crippen LogP contribution in [0.1, 0.15) is 15.9 Å². The average molecular weight is 295 g/mol. The molecule has 0 radical (unpaired) electrons. The fourth-order valence-corrected chi connectivity index (χ4v) is 1.86. The third-order valence-corrected chi connectivity index (χ3v) is 2.82. The van der Waals surface area contributed by atoms with Gasteiger partial charge in [-0.3, -0.25) is 4.79 Å². The molecule has 6 heteroatoms. The summed E-state index contributed by atoms with van der Waals surface area (Å²) in [5.41, 5.74) is 0.178. The van der Waals surface area contributed by atoms with Gasteiger partial charge in [-0.15, -0.1) is 0 Å². The number of phenolic OH excluding ortho intramolecular Hbond substituents is 1. The largest absolute Gasteiger partial charge is 0.508 e. The van der Waals surface area contributed by atoms with E-state index in [1.54, 1.807) is 0 Å². The molecule has 1 amide bonds. The summed E-state index contributed by atoms with van der Waals surface area (Å²) < 4.78 is 39.4. The summed E-state index contributed by atoms with van der Waals surface area (Å²) in [6, 6.07) is 6.26. The molecule has 0 saturated carbocycles. The molecule has 110 valence electrons. The lowest BCUT2D eigenvalue weighted by molar-refractivity contribution is 0.0950. The topological polar surface area (TPSA) is 49.3 Å². The summed E-state index contributed by atoms with van der Waals surface area (Å²) in [6.07, 6.45) is 0.208. The second-order valence-electron chi connectivity index (χ2n) is 4.45. The first-order chi connectivity index (χ1) is 9.95. The average Bonchev–Trinajstić information content (AvgIpc) is 2.37. The Morgan fingerprint density at radius 1 is 1.05 bits per heavy atom. The van der Waals surface area contributed by atoms with E-state index in [1.807, 2.05) is 0 Å². The summed E-state index contributed by atoms with van der Waals surface area (Å²) in [6.45, 7) is 0.0992. The summed E-state index contributed by atoms with van der Waals surface area (Å²) in [7, 11) is 0. The van der Waals surface area contributed by atoms with Gasteiger partial charge in [-0.1, -0.05) is 0 Å². The Kier molecular flexibility index (Phi) is 4.47. The monoisotopic (exact) mass is 295 g/mol. The highest BCUT2D eigenvalue weighted by atomic mass is 19.1. The van der Waals surface area contributed by atoms with Gasteiger partial charge in [0.15, 0.2) is 0 Å². The van der Waals surface area contributed by atoms with E-state index in [2.05, 4.69) is 5.32 Å². The number of hydrogen-bond acceptors (Lipinski definition) is 2. The number of rotatable bonds is 4. The van der Waals surface area contributed by atoms with Gasteiger partial charge in [0, 0.05) is 18.7 Å². The van der Waals surface area contributed by atoms with Crippen LogP contribution in [-0.4, -0.2) is 17.6 Å². The number of aromatic hydroxyl groups is 1. The number of hydrogen-bond donors (Lipinski definition) is 2. The van der Waals surface area contributed by atoms with Crippen molar-refractivity contribution < 1.29 is 23.1 Å². The highest BCUT2D eigenvalue weighted by Crippen LogP contribution is 2.15. The Morgan fingerprint density at radius 2 is 1.71 bits per heavy atom. The van der Waals surface area contributed by atoms with Crippen LogP contribution >= 0.6 is 0 Å². The molecule has 0 spiro atoms. The van der Waals surface area contributed by atoms with Crippen LogP contribution in [0.3, 0.4) is 0 Å². The first kappa shape index (κ1) is 14.9. The number of halogens is 3. The van der Waals surface area contributed by atoms with Crippen molar-refractivity contribution >= 4 is 5.91 Å². The van der Waals surface area contributed by atoms with Crippen LogP contribution in [0.4, 0.5) is 13.2 Å². The van der Waals surface area contributed by atoms with Gasteiger partial charge in [0.1, 0.15) is 23.2 Å². The van der Waals surface area contributed by atoms with Crippen molar-refractivity contribution in [1.29, 1.82) is 0 Å². The quantitative estimate of drug-likeness (QED) is 0.911. The van der Waals surface area contributed by atoms with Gasteiger partial charge in [-0.2, -0.15) is 0 Å². The Balaban J connectivity index is 1.95. The number of benzene rings is 2. The van der Waals surface area contributed by atoms with Crippen molar-refractivity contribution in [2.45, 2.75) is 6.42 Å². The van der Waals surface area contributed by atoms with Crippen LogP contribution in [0.15, 0.2) is 36.4 Å². The second kappa shape index (κ2) is 6.30. The molecule has 0 aliphatic carbocycles. The molecule has 0 aromatic heterocycles. The number of nitrogens with one attached hydrogen (secondary N) is 1. The predicted octanol–water partition coefficient (Wildman–Crippen LogP) is 2.78. The highest BCUT2D eigenvalue weighted by Gasteiger charge is 2.11. The van der Waals surface area contributed by atoms with E-state index in [0.29, 0.717) is 5.56 Å². The number of carbonyl (C=O) groups excluding carboxylic acids is 1. The Morgan fingerprint density at radius 3 is 2.33 bits per heavy atom. The molecule has 2 rings (SSSR count). The minimum absolute atomic E-state index is 0.0992. The standard InChI is InChI=1S/C15H12F3NO2/c16-10-5-9(6-11(17)7-10)3-4-19-15(21)13-2-1-12(20)8-14(13)18/h1-2,5-8,20H,3-4H2,(H,19,21). The zero-order chi connectivity index (χ0) is 15.4. The van der Waals surface area contributed by atoms with Crippen LogP contribution in [0.2, 0.25) is 0 Å². The molecular formula is C15H12F3NO2. The Labute approximate surface area is 119 Å². The first-order valence-electron chi connectivity index (χ1n) is 6.17. The van der Waals surface area contributed by atoms with Crippen LogP contribution in [0.5, 0.6) is 5.75 Å². The lowest BCUT2D eigenvalue weighted by Gasteiger charge is -2.07. The molecule has 0 saturated heterocycles. The SMILES string of the molecule is O=C(NCCc1cc(F)cc(F)c1)c1ccc(O)cc1F. The summed E-state index contributed by atoms with van der Waals surface area (Å²) in [5.74, 6) is -3.17. The molecule has 0 aliphatic rings.